The molecule has 0 aliphatic carbocycles. The molecule has 2 aromatic rings. The zero-order chi connectivity index (χ0) is 21.2. The van der Waals surface area contributed by atoms with Gasteiger partial charge in [-0.1, -0.05) is 60.7 Å². The van der Waals surface area contributed by atoms with E-state index in [1.807, 2.05) is 48.5 Å². The van der Waals surface area contributed by atoms with Gasteiger partial charge < -0.3 is 5.32 Å². The van der Waals surface area contributed by atoms with E-state index in [2.05, 4.69) is 17.4 Å². The quantitative estimate of drug-likeness (QED) is 0.598. The van der Waals surface area contributed by atoms with Gasteiger partial charge in [-0.25, -0.2) is 8.42 Å². The molecular formula is C23H28N2O3S2. The number of piperidine rings is 1. The van der Waals surface area contributed by atoms with E-state index in [0.717, 1.165) is 17.1 Å². The highest BCUT2D eigenvalue weighted by Crippen LogP contribution is 2.21. The van der Waals surface area contributed by atoms with Crippen molar-refractivity contribution in [3.05, 3.63) is 77.2 Å². The molecule has 0 aromatic heterocycles. The second-order valence-corrected chi connectivity index (χ2v) is 10.2. The Morgan fingerprint density at radius 3 is 2.33 bits per heavy atom. The van der Waals surface area contributed by atoms with Crippen molar-refractivity contribution in [2.24, 2.45) is 5.92 Å². The number of amides is 1. The van der Waals surface area contributed by atoms with Gasteiger partial charge in [-0.3, -0.25) is 4.79 Å². The molecule has 1 amide bonds. The summed E-state index contributed by atoms with van der Waals surface area (Å²) in [6, 6.07) is 19.6. The van der Waals surface area contributed by atoms with E-state index in [9.17, 15) is 13.2 Å². The lowest BCUT2D eigenvalue weighted by Gasteiger charge is -2.29. The van der Waals surface area contributed by atoms with E-state index in [0.29, 0.717) is 32.5 Å². The largest absolute Gasteiger partial charge is 0.355 e. The number of benzene rings is 2. The van der Waals surface area contributed by atoms with Crippen molar-refractivity contribution >= 4 is 33.8 Å². The summed E-state index contributed by atoms with van der Waals surface area (Å²) in [6.07, 6.45) is 2.73. The second-order valence-electron chi connectivity index (χ2n) is 7.26. The smallest absolute Gasteiger partial charge is 0.236 e. The van der Waals surface area contributed by atoms with Crippen LogP contribution in [-0.4, -0.2) is 44.0 Å². The molecule has 3 rings (SSSR count). The summed E-state index contributed by atoms with van der Waals surface area (Å²) < 4.78 is 26.5. The van der Waals surface area contributed by atoms with Crippen LogP contribution >= 0.6 is 11.8 Å². The first-order valence-electron chi connectivity index (χ1n) is 10.2. The summed E-state index contributed by atoms with van der Waals surface area (Å²) in [7, 11) is -3.46. The maximum atomic E-state index is 12.5. The molecule has 160 valence electrons. The van der Waals surface area contributed by atoms with E-state index in [1.165, 1.54) is 15.3 Å². The van der Waals surface area contributed by atoms with Crippen molar-refractivity contribution in [2.45, 2.75) is 18.6 Å². The number of hydrogen-bond donors (Lipinski definition) is 1. The Hall–Kier alpha value is -2.09. The number of nitrogens with zero attached hydrogens (tertiary/aromatic N) is 1. The minimum absolute atomic E-state index is 0.0344. The van der Waals surface area contributed by atoms with E-state index >= 15 is 0 Å². The molecule has 0 atom stereocenters. The third-order valence-electron chi connectivity index (χ3n) is 5.07. The summed E-state index contributed by atoms with van der Waals surface area (Å²) in [5.41, 5.74) is 2.13. The molecule has 0 unspecified atom stereocenters. The van der Waals surface area contributed by atoms with Crippen LogP contribution in [-0.2, 0) is 20.6 Å². The van der Waals surface area contributed by atoms with Gasteiger partial charge >= 0.3 is 0 Å². The highest BCUT2D eigenvalue weighted by molar-refractivity contribution is 7.98. The molecule has 30 heavy (non-hydrogen) atoms. The van der Waals surface area contributed by atoms with E-state index < -0.39 is 10.0 Å². The van der Waals surface area contributed by atoms with Crippen LogP contribution < -0.4 is 5.32 Å². The maximum absolute atomic E-state index is 12.5. The Morgan fingerprint density at radius 2 is 1.67 bits per heavy atom. The van der Waals surface area contributed by atoms with Crippen LogP contribution in [0.15, 0.2) is 66.1 Å². The van der Waals surface area contributed by atoms with Crippen LogP contribution in [0.3, 0.4) is 0 Å². The Bertz CT molecular complexity index is 923. The lowest BCUT2D eigenvalue weighted by molar-refractivity contribution is -0.125. The third-order valence-corrected chi connectivity index (χ3v) is 7.67. The van der Waals surface area contributed by atoms with Crippen molar-refractivity contribution in [2.75, 3.05) is 25.4 Å². The van der Waals surface area contributed by atoms with E-state index in [1.54, 1.807) is 17.8 Å². The Balaban J connectivity index is 1.37. The number of carbonyl (C=O) groups is 1. The van der Waals surface area contributed by atoms with Crippen LogP contribution in [0.2, 0.25) is 0 Å². The van der Waals surface area contributed by atoms with Crippen LogP contribution in [0.5, 0.6) is 0 Å². The van der Waals surface area contributed by atoms with E-state index in [4.69, 9.17) is 0 Å². The lowest BCUT2D eigenvalue weighted by atomic mass is 9.97. The number of sulfonamides is 1. The average Bonchev–Trinajstić information content (AvgIpc) is 2.79. The Morgan fingerprint density at radius 1 is 1.03 bits per heavy atom. The summed E-state index contributed by atoms with van der Waals surface area (Å²) in [5.74, 6) is 1.71. The molecule has 7 heteroatoms. The molecule has 1 saturated heterocycles. The summed E-state index contributed by atoms with van der Waals surface area (Å²) in [4.78, 5) is 12.4. The van der Waals surface area contributed by atoms with Crippen molar-refractivity contribution in [3.63, 3.8) is 0 Å². The van der Waals surface area contributed by atoms with E-state index in [-0.39, 0.29) is 11.8 Å². The van der Waals surface area contributed by atoms with Crippen LogP contribution in [0, 0.1) is 5.92 Å². The van der Waals surface area contributed by atoms with Gasteiger partial charge in [0.15, 0.2) is 0 Å². The number of hydrogen-bond acceptors (Lipinski definition) is 4. The molecule has 0 spiro atoms. The van der Waals surface area contributed by atoms with Gasteiger partial charge in [0, 0.05) is 42.5 Å². The number of carbonyl (C=O) groups excluding carboxylic acids is 1. The van der Waals surface area contributed by atoms with Crippen molar-refractivity contribution in [3.8, 4) is 0 Å². The lowest BCUT2D eigenvalue weighted by Crippen LogP contribution is -2.42. The minimum Gasteiger partial charge on any atom is -0.355 e. The fraction of sp³-hybridized carbons (Fsp3) is 0.348. The molecule has 0 saturated carbocycles. The molecule has 0 bridgehead atoms. The molecule has 5 nitrogen and oxygen atoms in total. The Kier molecular flexibility index (Phi) is 8.54. The molecule has 1 heterocycles. The Labute approximate surface area is 183 Å². The van der Waals surface area contributed by atoms with Gasteiger partial charge in [0.2, 0.25) is 15.9 Å². The SMILES string of the molecule is O=C(NCCSCc1ccccc1)C1CCN(S(=O)(=O)/C=C/c2ccccc2)CC1. The van der Waals surface area contributed by atoms with Gasteiger partial charge in [0.05, 0.1) is 0 Å². The molecule has 1 aliphatic rings. The number of nitrogens with one attached hydrogen (secondary N) is 1. The van der Waals surface area contributed by atoms with Crippen LogP contribution in [0.1, 0.15) is 24.0 Å². The predicted molar refractivity (Wildman–Crippen MR) is 124 cm³/mol. The number of rotatable bonds is 9. The fourth-order valence-corrected chi connectivity index (χ4v) is 5.38. The molecule has 0 radical (unpaired) electrons. The van der Waals surface area contributed by atoms with Gasteiger partial charge in [0.25, 0.3) is 0 Å². The molecular weight excluding hydrogens is 416 g/mol. The van der Waals surface area contributed by atoms with Gasteiger partial charge in [-0.05, 0) is 30.0 Å². The second kappa shape index (κ2) is 11.3. The van der Waals surface area contributed by atoms with Gasteiger partial charge in [-0.15, -0.1) is 0 Å². The zero-order valence-electron chi connectivity index (χ0n) is 16.9. The zero-order valence-corrected chi connectivity index (χ0v) is 18.6. The molecule has 1 fully saturated rings. The summed E-state index contributed by atoms with van der Waals surface area (Å²) in [5, 5.41) is 4.25. The third kappa shape index (κ3) is 7.00. The fourth-order valence-electron chi connectivity index (χ4n) is 3.34. The normalized spacial score (nSPS) is 16.0. The van der Waals surface area contributed by atoms with Crippen molar-refractivity contribution in [1.82, 2.24) is 9.62 Å². The number of thioether (sulfide) groups is 1. The first-order chi connectivity index (χ1) is 14.5. The monoisotopic (exact) mass is 444 g/mol. The summed E-state index contributed by atoms with van der Waals surface area (Å²) in [6.45, 7) is 1.39. The highest BCUT2D eigenvalue weighted by Gasteiger charge is 2.29. The van der Waals surface area contributed by atoms with Gasteiger partial charge in [-0.2, -0.15) is 16.1 Å². The standard InChI is InChI=1S/C23H28N2O3S2/c26-23(24-14-17-29-19-21-9-5-2-6-10-21)22-11-15-25(16-12-22)30(27,28)18-13-20-7-3-1-4-8-20/h1-10,13,18,22H,11-12,14-17,19H2,(H,24,26)/b18-13+. The van der Waals surface area contributed by atoms with Crippen LogP contribution in [0.4, 0.5) is 0 Å². The first-order valence-corrected chi connectivity index (χ1v) is 12.8. The van der Waals surface area contributed by atoms with Crippen molar-refractivity contribution < 1.29 is 13.2 Å². The summed E-state index contributed by atoms with van der Waals surface area (Å²) >= 11 is 1.79. The molecule has 2 aromatic carbocycles. The topological polar surface area (TPSA) is 66.5 Å². The van der Waals surface area contributed by atoms with Gasteiger partial charge in [0.1, 0.15) is 0 Å². The first kappa shape index (κ1) is 22.6. The highest BCUT2D eigenvalue weighted by atomic mass is 32.2. The minimum atomic E-state index is -3.46. The van der Waals surface area contributed by atoms with Crippen LogP contribution in [0.25, 0.3) is 6.08 Å². The maximum Gasteiger partial charge on any atom is 0.236 e. The predicted octanol–water partition coefficient (Wildman–Crippen LogP) is 3.75. The molecule has 1 N–H and O–H groups in total. The molecule has 1 aliphatic heterocycles. The average molecular weight is 445 g/mol. The van der Waals surface area contributed by atoms with Crippen molar-refractivity contribution in [1.29, 1.82) is 0 Å².